The molecule has 1 radical (unpaired) electrons. The van der Waals surface area contributed by atoms with Gasteiger partial charge >= 0.3 is 26.2 Å². The van der Waals surface area contributed by atoms with Crippen molar-refractivity contribution in [3.05, 3.63) is 47.6 Å². The molecule has 1 aliphatic heterocycles. The second kappa shape index (κ2) is 18.7. The van der Waals surface area contributed by atoms with Gasteiger partial charge in [0.1, 0.15) is 0 Å². The van der Waals surface area contributed by atoms with E-state index in [0.717, 1.165) is 22.4 Å². The number of hydrogen-bond donors (Lipinski definition) is 0. The van der Waals surface area contributed by atoms with Crippen LogP contribution in [0.2, 0.25) is 12.1 Å². The molecular weight excluding hydrogens is 394 g/mol. The molecule has 0 aromatic heterocycles. The van der Waals surface area contributed by atoms with Gasteiger partial charge in [-0.1, -0.05) is 45.2 Å². The second-order valence-corrected chi connectivity index (χ2v) is 6.59. The minimum Gasteiger partial charge on any atom is -1.00 e. The van der Waals surface area contributed by atoms with E-state index in [9.17, 15) is 0 Å². The van der Waals surface area contributed by atoms with Crippen molar-refractivity contribution in [3.63, 3.8) is 0 Å². The van der Waals surface area contributed by atoms with Crippen LogP contribution in [0, 0.1) is 12.2 Å². The van der Waals surface area contributed by atoms with Gasteiger partial charge in [0.15, 0.2) is 0 Å². The van der Waals surface area contributed by atoms with Crippen LogP contribution in [0.25, 0.3) is 0 Å². The zero-order chi connectivity index (χ0) is 13.1. The number of allylic oxidation sites excluding steroid dienone is 8. The predicted octanol–water partition coefficient (Wildman–Crippen LogP) is -1.16. The first-order valence-corrected chi connectivity index (χ1v) is 8.72. The zero-order valence-corrected chi connectivity index (χ0v) is 18.2. The molecule has 0 N–H and O–H groups in total. The van der Waals surface area contributed by atoms with Gasteiger partial charge in [0.05, 0.1) is 0 Å². The summed E-state index contributed by atoms with van der Waals surface area (Å²) in [6, 6.07) is 3.17. The first kappa shape index (κ1) is 26.5. The van der Waals surface area contributed by atoms with Gasteiger partial charge in [0.2, 0.25) is 0 Å². The Hall–Kier alpha value is 0.640. The summed E-state index contributed by atoms with van der Waals surface area (Å²) in [5.74, 6) is 0. The molecule has 0 unspecified atom stereocenters. The Balaban J connectivity index is -0.000000216. The molecule has 0 aromatic rings. The van der Waals surface area contributed by atoms with Gasteiger partial charge in [0.25, 0.3) is 0 Å². The van der Waals surface area contributed by atoms with E-state index in [4.69, 9.17) is 0 Å². The molecule has 0 saturated carbocycles. The van der Waals surface area contributed by atoms with Crippen LogP contribution >= 0.6 is 0 Å². The van der Waals surface area contributed by atoms with Crippen molar-refractivity contribution in [3.8, 4) is 0 Å². The normalized spacial score (nSPS) is 17.4. The molecule has 1 fully saturated rings. The SMILES string of the molecule is C1CC[SiH]CC1.CC1=[C-]CC=C1.CC1=[C-]CC=C1.[Cl-].[Cl-].[Zr+4]. The zero-order valence-electron chi connectivity index (χ0n) is 13.1. The standard InChI is InChI=1S/2C6H7.C5H11Si.2ClH.Zr/c2*1-6-4-2-3-5-6;1-2-4-6-5-3-1;;;/h2*2,4H,3H2,1H3;6H,1-5H2;2*1H;/q2*-1;;;;+4/p-2. The topological polar surface area (TPSA) is 0 Å². The number of rotatable bonds is 0. The number of hydrogen-bond acceptors (Lipinski definition) is 0. The van der Waals surface area contributed by atoms with E-state index < -0.39 is 0 Å². The first-order chi connectivity index (χ1) is 8.79. The first-order valence-electron chi connectivity index (χ1n) is 7.08. The monoisotopic (exact) mass is 417 g/mol. The Morgan fingerprint density at radius 1 is 0.810 bits per heavy atom. The van der Waals surface area contributed by atoms with Crippen LogP contribution in [0.3, 0.4) is 0 Å². The Morgan fingerprint density at radius 2 is 1.24 bits per heavy atom. The summed E-state index contributed by atoms with van der Waals surface area (Å²) in [5.41, 5.74) is 2.55. The second-order valence-electron chi connectivity index (χ2n) is 4.86. The summed E-state index contributed by atoms with van der Waals surface area (Å²) < 4.78 is 0. The van der Waals surface area contributed by atoms with Gasteiger partial charge in [-0.15, -0.1) is 12.8 Å². The maximum Gasteiger partial charge on any atom is 4.00 e. The summed E-state index contributed by atoms with van der Waals surface area (Å²) in [6.07, 6.45) is 21.3. The molecule has 4 heteroatoms. The van der Waals surface area contributed by atoms with Crippen molar-refractivity contribution >= 4 is 9.52 Å². The molecule has 3 aliphatic rings. The van der Waals surface area contributed by atoms with E-state index in [1.165, 1.54) is 30.4 Å². The minimum absolute atomic E-state index is 0. The van der Waals surface area contributed by atoms with Crippen molar-refractivity contribution in [2.75, 3.05) is 0 Å². The third kappa shape index (κ3) is 16.8. The van der Waals surface area contributed by atoms with Gasteiger partial charge in [0, 0.05) is 9.52 Å². The molecule has 0 bridgehead atoms. The van der Waals surface area contributed by atoms with Crippen LogP contribution in [-0.4, -0.2) is 9.52 Å². The quantitative estimate of drug-likeness (QED) is 0.343. The molecule has 0 aromatic carbocycles. The van der Waals surface area contributed by atoms with Gasteiger partial charge in [-0.2, -0.15) is 12.2 Å². The average molecular weight is 420 g/mol. The molecule has 115 valence electrons. The van der Waals surface area contributed by atoms with E-state index in [1.807, 2.05) is 0 Å². The van der Waals surface area contributed by atoms with Crippen LogP contribution in [0.1, 0.15) is 46.0 Å². The van der Waals surface area contributed by atoms with Gasteiger partial charge < -0.3 is 24.8 Å². The van der Waals surface area contributed by atoms with E-state index in [0.29, 0.717) is 0 Å². The van der Waals surface area contributed by atoms with Crippen molar-refractivity contribution in [2.45, 2.75) is 58.0 Å². The Bertz CT molecular complexity index is 298. The van der Waals surface area contributed by atoms with Crippen molar-refractivity contribution in [1.82, 2.24) is 0 Å². The van der Waals surface area contributed by atoms with Crippen LogP contribution in [0.15, 0.2) is 35.5 Å². The molecule has 0 amide bonds. The summed E-state index contributed by atoms with van der Waals surface area (Å²) in [6.45, 7) is 4.12. The Kier molecular flexibility index (Phi) is 23.6. The molecule has 0 atom stereocenters. The fourth-order valence-electron chi connectivity index (χ4n) is 1.93. The largest absolute Gasteiger partial charge is 4.00 e. The molecule has 2 aliphatic carbocycles. The third-order valence-electron chi connectivity index (χ3n) is 3.05. The molecule has 0 nitrogen and oxygen atoms in total. The van der Waals surface area contributed by atoms with Crippen LogP contribution < -0.4 is 24.8 Å². The molecule has 21 heavy (non-hydrogen) atoms. The van der Waals surface area contributed by atoms with Crippen molar-refractivity contribution in [2.24, 2.45) is 0 Å². The predicted molar refractivity (Wildman–Crippen MR) is 83.0 cm³/mol. The van der Waals surface area contributed by atoms with E-state index >= 15 is 0 Å². The van der Waals surface area contributed by atoms with Crippen LogP contribution in [0.4, 0.5) is 0 Å². The fraction of sp³-hybridized carbons (Fsp3) is 0.529. The summed E-state index contributed by atoms with van der Waals surface area (Å²) in [4.78, 5) is 0. The van der Waals surface area contributed by atoms with Crippen molar-refractivity contribution < 1.29 is 51.0 Å². The molecule has 0 spiro atoms. The molecule has 3 rings (SSSR count). The molecule has 1 heterocycles. The average Bonchev–Trinajstić information content (AvgIpc) is 3.07. The Labute approximate surface area is 165 Å². The number of halogens is 2. The minimum atomic E-state index is 0. The molecular formula is C17H25Cl2SiZr. The van der Waals surface area contributed by atoms with E-state index in [1.54, 1.807) is 12.1 Å². The third-order valence-corrected chi connectivity index (χ3v) is 4.68. The van der Waals surface area contributed by atoms with Crippen molar-refractivity contribution in [1.29, 1.82) is 0 Å². The maximum absolute atomic E-state index is 3.12. The fourth-order valence-corrected chi connectivity index (χ4v) is 3.37. The van der Waals surface area contributed by atoms with Gasteiger partial charge in [-0.05, 0) is 0 Å². The van der Waals surface area contributed by atoms with Crippen LogP contribution in [-0.2, 0) is 26.2 Å². The Morgan fingerprint density at radius 3 is 1.33 bits per heavy atom. The van der Waals surface area contributed by atoms with E-state index in [-0.39, 0.29) is 51.0 Å². The molecule has 1 saturated heterocycles. The summed E-state index contributed by atoms with van der Waals surface area (Å²) >= 11 is 0. The smallest absolute Gasteiger partial charge is 1.00 e. The van der Waals surface area contributed by atoms with Gasteiger partial charge in [-0.3, -0.25) is 12.2 Å². The maximum atomic E-state index is 3.12. The van der Waals surface area contributed by atoms with E-state index in [2.05, 4.69) is 50.3 Å². The van der Waals surface area contributed by atoms with Gasteiger partial charge in [-0.25, -0.2) is 23.3 Å². The summed E-state index contributed by atoms with van der Waals surface area (Å²) in [7, 11) is 0.905. The van der Waals surface area contributed by atoms with Crippen LogP contribution in [0.5, 0.6) is 0 Å². The summed E-state index contributed by atoms with van der Waals surface area (Å²) in [5, 5.41) is 0.